The van der Waals surface area contributed by atoms with Gasteiger partial charge in [0.15, 0.2) is 5.13 Å². The van der Waals surface area contributed by atoms with Crippen molar-refractivity contribution in [3.05, 3.63) is 10.6 Å². The molecule has 1 aromatic heterocycles. The van der Waals surface area contributed by atoms with Gasteiger partial charge in [-0.25, -0.2) is 4.98 Å². The zero-order valence-corrected chi connectivity index (χ0v) is 14.9. The summed E-state index contributed by atoms with van der Waals surface area (Å²) in [5, 5.41) is 5.78. The summed E-state index contributed by atoms with van der Waals surface area (Å²) in [5.74, 6) is 1.25. The maximum absolute atomic E-state index is 5.00. The van der Waals surface area contributed by atoms with E-state index in [1.807, 2.05) is 11.3 Å². The molecule has 1 aliphatic heterocycles. The lowest BCUT2D eigenvalue weighted by atomic mass is 9.98. The highest BCUT2D eigenvalue weighted by Crippen LogP contribution is 2.38. The molecule has 2 unspecified atom stereocenters. The second kappa shape index (κ2) is 7.34. The normalized spacial score (nSPS) is 25.9. The van der Waals surface area contributed by atoms with Crippen molar-refractivity contribution in [1.29, 1.82) is 0 Å². The Kier molecular flexibility index (Phi) is 5.46. The molecule has 1 aromatic rings. The molecule has 0 bridgehead atoms. The quantitative estimate of drug-likeness (QED) is 0.890. The number of fused-ring (bicyclic) bond motifs is 1. The van der Waals surface area contributed by atoms with Gasteiger partial charge in [-0.15, -0.1) is 0 Å². The fourth-order valence-corrected chi connectivity index (χ4v) is 5.63. The number of aryl methyl sites for hydroxylation is 1. The Morgan fingerprint density at radius 3 is 3.10 bits per heavy atom. The van der Waals surface area contributed by atoms with E-state index in [1.165, 1.54) is 66.6 Å². The van der Waals surface area contributed by atoms with Crippen molar-refractivity contribution in [2.75, 3.05) is 30.3 Å². The summed E-state index contributed by atoms with van der Waals surface area (Å²) in [6.07, 6.45) is 6.22. The summed E-state index contributed by atoms with van der Waals surface area (Å²) < 4.78 is 0. The molecule has 21 heavy (non-hydrogen) atoms. The third kappa shape index (κ3) is 3.57. The zero-order chi connectivity index (χ0) is 14.7. The van der Waals surface area contributed by atoms with Crippen molar-refractivity contribution < 1.29 is 0 Å². The van der Waals surface area contributed by atoms with Crippen LogP contribution in [0.1, 0.15) is 56.1 Å². The van der Waals surface area contributed by atoms with Gasteiger partial charge in [-0.1, -0.05) is 25.2 Å². The topological polar surface area (TPSA) is 28.2 Å². The number of anilines is 1. The Balaban J connectivity index is 1.74. The lowest BCUT2D eigenvalue weighted by Crippen LogP contribution is -2.37. The molecule has 0 radical (unpaired) electrons. The number of aromatic nitrogens is 1. The van der Waals surface area contributed by atoms with Crippen LogP contribution >= 0.6 is 23.1 Å². The van der Waals surface area contributed by atoms with Crippen LogP contribution in [0.5, 0.6) is 0 Å². The van der Waals surface area contributed by atoms with Gasteiger partial charge in [-0.05, 0) is 38.6 Å². The van der Waals surface area contributed by atoms with Gasteiger partial charge >= 0.3 is 0 Å². The molecule has 118 valence electrons. The zero-order valence-electron chi connectivity index (χ0n) is 13.2. The maximum Gasteiger partial charge on any atom is 0.185 e. The molecule has 0 aromatic carbocycles. The Morgan fingerprint density at radius 2 is 2.29 bits per heavy atom. The van der Waals surface area contributed by atoms with Crippen LogP contribution in [0.3, 0.4) is 0 Å². The molecule has 0 saturated carbocycles. The summed E-state index contributed by atoms with van der Waals surface area (Å²) >= 11 is 4.09. The lowest BCUT2D eigenvalue weighted by molar-refractivity contribution is 0.464. The van der Waals surface area contributed by atoms with Crippen molar-refractivity contribution >= 4 is 28.2 Å². The average molecular weight is 326 g/mol. The van der Waals surface area contributed by atoms with Gasteiger partial charge in [0.05, 0.1) is 5.69 Å². The molecule has 2 aliphatic rings. The predicted octanol–water partition coefficient (Wildman–Crippen LogP) is 3.85. The van der Waals surface area contributed by atoms with Crippen LogP contribution < -0.4 is 10.2 Å². The highest BCUT2D eigenvalue weighted by molar-refractivity contribution is 8.00. The minimum atomic E-state index is 0.557. The molecule has 1 fully saturated rings. The van der Waals surface area contributed by atoms with Crippen LogP contribution in [-0.4, -0.2) is 35.6 Å². The van der Waals surface area contributed by atoms with E-state index in [0.717, 1.165) is 11.8 Å². The number of nitrogens with zero attached hydrogens (tertiary/aromatic N) is 2. The van der Waals surface area contributed by atoms with E-state index in [1.54, 1.807) is 0 Å². The Hall–Kier alpha value is -0.260. The second-order valence-corrected chi connectivity index (χ2v) is 8.47. The van der Waals surface area contributed by atoms with Crippen LogP contribution in [0.2, 0.25) is 0 Å². The lowest BCUT2D eigenvalue weighted by Gasteiger charge is -2.31. The maximum atomic E-state index is 5.00. The van der Waals surface area contributed by atoms with Gasteiger partial charge in [0.25, 0.3) is 0 Å². The third-order valence-corrected chi connectivity index (χ3v) is 7.09. The molecule has 2 atom stereocenters. The fourth-order valence-electron chi connectivity index (χ4n) is 3.20. The standard InChI is InChI=1S/C16H27N3S2/c1-3-8-17-13-6-5-7-14-15(13)21-16(18-14)19-9-10-20-12(4-2)11-19/h12-13,17H,3-11H2,1-2H3. The first-order chi connectivity index (χ1) is 10.3. The number of thioether (sulfide) groups is 1. The van der Waals surface area contributed by atoms with Crippen molar-refractivity contribution in [1.82, 2.24) is 10.3 Å². The molecular formula is C16H27N3S2. The predicted molar refractivity (Wildman–Crippen MR) is 94.8 cm³/mol. The summed E-state index contributed by atoms with van der Waals surface area (Å²) in [6.45, 7) is 8.01. The van der Waals surface area contributed by atoms with Gasteiger partial charge < -0.3 is 10.2 Å². The minimum Gasteiger partial charge on any atom is -0.346 e. The van der Waals surface area contributed by atoms with Crippen LogP contribution in [0.4, 0.5) is 5.13 Å². The van der Waals surface area contributed by atoms with Crippen LogP contribution in [0.15, 0.2) is 0 Å². The molecule has 3 nitrogen and oxygen atoms in total. The average Bonchev–Trinajstić information content (AvgIpc) is 2.97. The van der Waals surface area contributed by atoms with Crippen LogP contribution in [0.25, 0.3) is 0 Å². The fraction of sp³-hybridized carbons (Fsp3) is 0.812. The minimum absolute atomic E-state index is 0.557. The molecule has 5 heteroatoms. The Morgan fingerprint density at radius 1 is 1.38 bits per heavy atom. The van der Waals surface area contributed by atoms with E-state index < -0.39 is 0 Å². The molecule has 1 saturated heterocycles. The van der Waals surface area contributed by atoms with Crippen molar-refractivity contribution in [2.24, 2.45) is 0 Å². The van der Waals surface area contributed by atoms with E-state index in [2.05, 4.69) is 35.8 Å². The van der Waals surface area contributed by atoms with E-state index in [0.29, 0.717) is 6.04 Å². The molecule has 2 heterocycles. The van der Waals surface area contributed by atoms with E-state index >= 15 is 0 Å². The van der Waals surface area contributed by atoms with Gasteiger partial charge in [-0.2, -0.15) is 11.8 Å². The summed E-state index contributed by atoms with van der Waals surface area (Å²) in [4.78, 5) is 9.05. The van der Waals surface area contributed by atoms with Gasteiger partial charge in [-0.3, -0.25) is 0 Å². The number of hydrogen-bond donors (Lipinski definition) is 1. The van der Waals surface area contributed by atoms with Crippen molar-refractivity contribution in [3.8, 4) is 0 Å². The number of hydrogen-bond acceptors (Lipinski definition) is 5. The number of nitrogens with one attached hydrogen (secondary N) is 1. The van der Waals surface area contributed by atoms with Crippen LogP contribution in [-0.2, 0) is 6.42 Å². The summed E-state index contributed by atoms with van der Waals surface area (Å²) in [6, 6.07) is 0.557. The van der Waals surface area contributed by atoms with Crippen molar-refractivity contribution in [2.45, 2.75) is 57.2 Å². The molecule has 1 N–H and O–H groups in total. The van der Waals surface area contributed by atoms with Gasteiger partial charge in [0.2, 0.25) is 0 Å². The Bertz CT molecular complexity index is 460. The van der Waals surface area contributed by atoms with Crippen molar-refractivity contribution in [3.63, 3.8) is 0 Å². The molecular weight excluding hydrogens is 298 g/mol. The molecule has 0 amide bonds. The highest BCUT2D eigenvalue weighted by Gasteiger charge is 2.27. The summed E-state index contributed by atoms with van der Waals surface area (Å²) in [7, 11) is 0. The SMILES string of the molecule is CCCNC1CCCc2nc(N3CCSC(CC)C3)sc21. The largest absolute Gasteiger partial charge is 0.346 e. The smallest absolute Gasteiger partial charge is 0.185 e. The first-order valence-electron chi connectivity index (χ1n) is 8.41. The number of rotatable bonds is 5. The number of thiazole rings is 1. The first-order valence-corrected chi connectivity index (χ1v) is 10.3. The Labute approximate surface area is 136 Å². The summed E-state index contributed by atoms with van der Waals surface area (Å²) in [5.41, 5.74) is 1.38. The first kappa shape index (κ1) is 15.6. The molecule has 1 aliphatic carbocycles. The monoisotopic (exact) mass is 325 g/mol. The molecule has 3 rings (SSSR count). The van der Waals surface area contributed by atoms with Gasteiger partial charge in [0.1, 0.15) is 0 Å². The van der Waals surface area contributed by atoms with E-state index in [9.17, 15) is 0 Å². The molecule has 0 spiro atoms. The highest BCUT2D eigenvalue weighted by atomic mass is 32.2. The third-order valence-electron chi connectivity index (χ3n) is 4.44. The van der Waals surface area contributed by atoms with E-state index in [-0.39, 0.29) is 0 Å². The van der Waals surface area contributed by atoms with E-state index in [4.69, 9.17) is 4.98 Å². The van der Waals surface area contributed by atoms with Gasteiger partial charge in [0, 0.05) is 35.0 Å². The second-order valence-electron chi connectivity index (χ2n) is 6.05. The van der Waals surface area contributed by atoms with Crippen LogP contribution in [0, 0.1) is 0 Å².